The lowest BCUT2D eigenvalue weighted by Crippen LogP contribution is -2.47. The minimum Gasteiger partial charge on any atom is -0.326 e. The van der Waals surface area contributed by atoms with Crippen LogP contribution in [0.25, 0.3) is 0 Å². The number of hydrogen-bond donors (Lipinski definition) is 2. The lowest BCUT2D eigenvalue weighted by Gasteiger charge is -2.36. The minimum atomic E-state index is -0.575. The smallest absolute Gasteiger partial charge is 0.226 e. The van der Waals surface area contributed by atoms with Gasteiger partial charge in [0.05, 0.1) is 5.56 Å². The lowest BCUT2D eigenvalue weighted by atomic mass is 9.79. The number of carbonyl (C=O) groups excluding carboxylic acids is 1. The highest BCUT2D eigenvalue weighted by atomic mass is 19.1. The van der Waals surface area contributed by atoms with E-state index in [1.54, 1.807) is 6.07 Å². The third-order valence-corrected chi connectivity index (χ3v) is 4.21. The summed E-state index contributed by atoms with van der Waals surface area (Å²) in [7, 11) is 1.89. The van der Waals surface area contributed by atoms with Crippen LogP contribution in [0.4, 0.5) is 10.1 Å². The van der Waals surface area contributed by atoms with Crippen LogP contribution in [0.15, 0.2) is 18.2 Å². The molecule has 1 fully saturated rings. The van der Waals surface area contributed by atoms with E-state index in [0.29, 0.717) is 12.1 Å². The summed E-state index contributed by atoms with van der Waals surface area (Å²) in [6, 6.07) is 5.80. The Hall–Kier alpha value is -1.93. The maximum atomic E-state index is 13.3. The van der Waals surface area contributed by atoms with Crippen molar-refractivity contribution in [3.63, 3.8) is 0 Å². The average molecular weight is 289 g/mol. The van der Waals surface area contributed by atoms with E-state index in [0.717, 1.165) is 25.7 Å². The number of carbonyl (C=O) groups is 1. The van der Waals surface area contributed by atoms with E-state index >= 15 is 0 Å². The molecule has 2 rings (SSSR count). The van der Waals surface area contributed by atoms with E-state index in [1.165, 1.54) is 24.6 Å². The number of amides is 1. The molecule has 1 saturated carbocycles. The van der Waals surface area contributed by atoms with Crippen LogP contribution in [0.1, 0.15) is 44.1 Å². The van der Waals surface area contributed by atoms with Crippen molar-refractivity contribution in [2.75, 3.05) is 12.4 Å². The zero-order valence-corrected chi connectivity index (χ0v) is 12.2. The number of hydrogen-bond acceptors (Lipinski definition) is 3. The predicted octanol–water partition coefficient (Wildman–Crippen LogP) is 2.95. The molecule has 0 radical (unpaired) electrons. The second kappa shape index (κ2) is 6.68. The zero-order chi connectivity index (χ0) is 15.3. The van der Waals surface area contributed by atoms with Gasteiger partial charge in [-0.3, -0.25) is 4.79 Å². The third kappa shape index (κ3) is 3.79. The van der Waals surface area contributed by atoms with Crippen LogP contribution >= 0.6 is 0 Å². The van der Waals surface area contributed by atoms with Gasteiger partial charge in [-0.25, -0.2) is 4.39 Å². The number of benzene rings is 1. The summed E-state index contributed by atoms with van der Waals surface area (Å²) >= 11 is 0. The highest BCUT2D eigenvalue weighted by Crippen LogP contribution is 2.31. The van der Waals surface area contributed by atoms with Gasteiger partial charge in [-0.05, 0) is 38.1 Å². The SMILES string of the molecule is CNC1(CC(=O)Nc2ccc(F)c(C#N)c2)CCCCC1. The molecule has 0 aliphatic heterocycles. The molecule has 0 heterocycles. The molecule has 5 heteroatoms. The number of anilines is 1. The summed E-state index contributed by atoms with van der Waals surface area (Å²) in [5, 5.41) is 14.9. The molecule has 0 atom stereocenters. The monoisotopic (exact) mass is 289 g/mol. The van der Waals surface area contributed by atoms with Gasteiger partial charge in [-0.15, -0.1) is 0 Å². The molecule has 0 unspecified atom stereocenters. The molecule has 1 aromatic carbocycles. The van der Waals surface area contributed by atoms with Crippen molar-refractivity contribution in [3.05, 3.63) is 29.6 Å². The maximum absolute atomic E-state index is 13.3. The van der Waals surface area contributed by atoms with E-state index in [1.807, 2.05) is 7.05 Å². The average Bonchev–Trinajstić information content (AvgIpc) is 2.50. The quantitative estimate of drug-likeness (QED) is 0.895. The molecule has 1 aromatic rings. The molecule has 4 nitrogen and oxygen atoms in total. The van der Waals surface area contributed by atoms with Gasteiger partial charge < -0.3 is 10.6 Å². The van der Waals surface area contributed by atoms with Crippen LogP contribution in [0.5, 0.6) is 0 Å². The van der Waals surface area contributed by atoms with Gasteiger partial charge >= 0.3 is 0 Å². The van der Waals surface area contributed by atoms with E-state index in [-0.39, 0.29) is 17.0 Å². The Balaban J connectivity index is 2.03. The van der Waals surface area contributed by atoms with E-state index in [2.05, 4.69) is 10.6 Å². The molecule has 1 amide bonds. The van der Waals surface area contributed by atoms with Crippen molar-refractivity contribution >= 4 is 11.6 Å². The minimum absolute atomic E-state index is 0.0613. The van der Waals surface area contributed by atoms with Gasteiger partial charge in [0.25, 0.3) is 0 Å². The molecule has 0 saturated heterocycles. The highest BCUT2D eigenvalue weighted by molar-refractivity contribution is 5.91. The topological polar surface area (TPSA) is 64.9 Å². The third-order valence-electron chi connectivity index (χ3n) is 4.21. The fourth-order valence-electron chi connectivity index (χ4n) is 2.94. The van der Waals surface area contributed by atoms with Gasteiger partial charge in [0.15, 0.2) is 0 Å². The molecule has 112 valence electrons. The van der Waals surface area contributed by atoms with Crippen LogP contribution in [0.3, 0.4) is 0 Å². The van der Waals surface area contributed by atoms with Gasteiger partial charge in [0, 0.05) is 17.6 Å². The Morgan fingerprint density at radius 3 is 2.71 bits per heavy atom. The Labute approximate surface area is 124 Å². The van der Waals surface area contributed by atoms with Crippen molar-refractivity contribution in [2.24, 2.45) is 0 Å². The fourth-order valence-corrected chi connectivity index (χ4v) is 2.94. The Morgan fingerprint density at radius 2 is 2.10 bits per heavy atom. The number of rotatable bonds is 4. The molecule has 21 heavy (non-hydrogen) atoms. The van der Waals surface area contributed by atoms with Crippen molar-refractivity contribution in [3.8, 4) is 6.07 Å². The molecule has 0 spiro atoms. The standard InChI is InChI=1S/C16H20FN3O/c1-19-16(7-3-2-4-8-16)10-15(21)20-13-5-6-14(17)12(9-13)11-18/h5-6,9,19H,2-4,7-8,10H2,1H3,(H,20,21). The van der Waals surface area contributed by atoms with Gasteiger partial charge in [-0.1, -0.05) is 19.3 Å². The Morgan fingerprint density at radius 1 is 1.38 bits per heavy atom. The molecule has 1 aliphatic rings. The summed E-state index contributed by atoms with van der Waals surface area (Å²) in [6.45, 7) is 0. The van der Waals surface area contributed by atoms with Crippen LogP contribution < -0.4 is 10.6 Å². The molecule has 2 N–H and O–H groups in total. The largest absolute Gasteiger partial charge is 0.326 e. The van der Waals surface area contributed by atoms with Crippen LogP contribution in [0.2, 0.25) is 0 Å². The van der Waals surface area contributed by atoms with Crippen molar-refractivity contribution in [1.82, 2.24) is 5.32 Å². The first-order chi connectivity index (χ1) is 10.1. The summed E-state index contributed by atoms with van der Waals surface area (Å²) in [5.74, 6) is -0.684. The van der Waals surface area contributed by atoms with Crippen molar-refractivity contribution in [2.45, 2.75) is 44.1 Å². The molecular formula is C16H20FN3O. The number of nitrogens with zero attached hydrogens (tertiary/aromatic N) is 1. The maximum Gasteiger partial charge on any atom is 0.226 e. The predicted molar refractivity (Wildman–Crippen MR) is 79.2 cm³/mol. The van der Waals surface area contributed by atoms with Crippen molar-refractivity contribution < 1.29 is 9.18 Å². The Kier molecular flexibility index (Phi) is 4.92. The molecular weight excluding hydrogens is 269 g/mol. The highest BCUT2D eigenvalue weighted by Gasteiger charge is 2.32. The first kappa shape index (κ1) is 15.5. The Bertz CT molecular complexity index is 559. The molecule has 0 bridgehead atoms. The van der Waals surface area contributed by atoms with Crippen LogP contribution in [-0.4, -0.2) is 18.5 Å². The molecule has 1 aliphatic carbocycles. The van der Waals surface area contributed by atoms with Crippen LogP contribution in [0, 0.1) is 17.1 Å². The lowest BCUT2D eigenvalue weighted by molar-refractivity contribution is -0.117. The normalized spacial score (nSPS) is 17.0. The fraction of sp³-hybridized carbons (Fsp3) is 0.500. The van der Waals surface area contributed by atoms with E-state index in [9.17, 15) is 9.18 Å². The molecule has 0 aromatic heterocycles. The van der Waals surface area contributed by atoms with Gasteiger partial charge in [0.1, 0.15) is 11.9 Å². The first-order valence-electron chi connectivity index (χ1n) is 7.27. The summed E-state index contributed by atoms with van der Waals surface area (Å²) in [6.07, 6.45) is 5.84. The second-order valence-electron chi connectivity index (χ2n) is 5.62. The summed E-state index contributed by atoms with van der Waals surface area (Å²) < 4.78 is 13.3. The van der Waals surface area contributed by atoms with E-state index in [4.69, 9.17) is 5.26 Å². The van der Waals surface area contributed by atoms with Crippen LogP contribution in [-0.2, 0) is 4.79 Å². The summed E-state index contributed by atoms with van der Waals surface area (Å²) in [4.78, 5) is 12.2. The van der Waals surface area contributed by atoms with Crippen molar-refractivity contribution in [1.29, 1.82) is 5.26 Å². The second-order valence-corrected chi connectivity index (χ2v) is 5.62. The van der Waals surface area contributed by atoms with E-state index < -0.39 is 5.82 Å². The zero-order valence-electron chi connectivity index (χ0n) is 12.2. The first-order valence-corrected chi connectivity index (χ1v) is 7.27. The van der Waals surface area contributed by atoms with Gasteiger partial charge in [-0.2, -0.15) is 5.26 Å². The summed E-state index contributed by atoms with van der Waals surface area (Å²) in [5.41, 5.74) is 0.259. The number of nitrogens with one attached hydrogen (secondary N) is 2. The number of nitriles is 1. The number of halogens is 1. The van der Waals surface area contributed by atoms with Gasteiger partial charge in [0.2, 0.25) is 5.91 Å².